The lowest BCUT2D eigenvalue weighted by Crippen LogP contribution is -2.44. The number of anilines is 2. The second kappa shape index (κ2) is 15.5. The lowest BCUT2D eigenvalue weighted by atomic mass is 10.1. The fourth-order valence-corrected chi connectivity index (χ4v) is 3.68. The number of hydrogen-bond donors (Lipinski definition) is 6. The topological polar surface area (TPSA) is 232 Å². The third-order valence-electron chi connectivity index (χ3n) is 5.56. The van der Waals surface area contributed by atoms with Gasteiger partial charge in [-0.25, -0.2) is 9.59 Å². The zero-order valence-corrected chi connectivity index (χ0v) is 22.7. The number of aromatic hydroxyl groups is 2. The molecule has 6 N–H and O–H groups in total. The van der Waals surface area contributed by atoms with Crippen molar-refractivity contribution in [1.82, 2.24) is 9.80 Å². The minimum atomic E-state index is -1.27. The molecule has 0 fully saturated rings. The standard InChI is InChI=1S/C26H30N4O12/c1-41-25(39)17-9-15(3-5-19(17)31)27-21(33)11-29(13-23(35)36)7-8-30(14-24(37)38)12-22(34)28-16-4-6-20(32)18(10-16)26(40)42-2/h3-6,9-10,31-32H,7-8,11-14H2,1-2H3,(H,27,33)(H,28,34)(H,35,36)(H,37,38). The highest BCUT2D eigenvalue weighted by Gasteiger charge is 2.20. The first-order valence-electron chi connectivity index (χ1n) is 12.1. The number of phenols is 2. The molecule has 0 aliphatic heterocycles. The van der Waals surface area contributed by atoms with Gasteiger partial charge in [-0.05, 0) is 36.4 Å². The van der Waals surface area contributed by atoms with E-state index >= 15 is 0 Å². The van der Waals surface area contributed by atoms with E-state index in [1.807, 2.05) is 0 Å². The second-order valence-electron chi connectivity index (χ2n) is 8.75. The number of aliphatic carboxylic acids is 2. The summed E-state index contributed by atoms with van der Waals surface area (Å²) in [5, 5.41) is 43.1. The van der Waals surface area contributed by atoms with E-state index in [0.29, 0.717) is 0 Å². The van der Waals surface area contributed by atoms with Crippen molar-refractivity contribution in [3.05, 3.63) is 47.5 Å². The predicted molar refractivity (Wildman–Crippen MR) is 144 cm³/mol. The SMILES string of the molecule is COC(=O)c1cc(NC(=O)CN(CCN(CC(=O)O)CC(=O)Nc2ccc(O)c(C(=O)OC)c2)CC(=O)O)ccc1O. The molecule has 0 aromatic heterocycles. The number of carboxylic acids is 2. The van der Waals surface area contributed by atoms with E-state index in [1.165, 1.54) is 46.2 Å². The number of hydrogen-bond acceptors (Lipinski definition) is 12. The van der Waals surface area contributed by atoms with Crippen LogP contribution in [0.25, 0.3) is 0 Å². The highest BCUT2D eigenvalue weighted by Crippen LogP contribution is 2.23. The van der Waals surface area contributed by atoms with E-state index in [9.17, 15) is 49.2 Å². The van der Waals surface area contributed by atoms with Gasteiger partial charge >= 0.3 is 23.9 Å². The summed E-state index contributed by atoms with van der Waals surface area (Å²) in [4.78, 5) is 74.0. The van der Waals surface area contributed by atoms with Crippen LogP contribution in [0.2, 0.25) is 0 Å². The van der Waals surface area contributed by atoms with Gasteiger partial charge in [0.1, 0.15) is 22.6 Å². The summed E-state index contributed by atoms with van der Waals surface area (Å²) in [6.45, 7) is -2.33. The maximum Gasteiger partial charge on any atom is 0.341 e. The van der Waals surface area contributed by atoms with E-state index in [0.717, 1.165) is 14.2 Å². The van der Waals surface area contributed by atoms with Gasteiger partial charge in [0.05, 0.1) is 40.4 Å². The van der Waals surface area contributed by atoms with E-state index in [4.69, 9.17) is 0 Å². The lowest BCUT2D eigenvalue weighted by molar-refractivity contribution is -0.140. The Bertz CT molecular complexity index is 1250. The Morgan fingerprint density at radius 2 is 1.00 bits per heavy atom. The highest BCUT2D eigenvalue weighted by molar-refractivity contribution is 5.98. The van der Waals surface area contributed by atoms with Crippen molar-refractivity contribution in [3.8, 4) is 11.5 Å². The molecular formula is C26H30N4O12. The average Bonchev–Trinajstić information content (AvgIpc) is 2.92. The Morgan fingerprint density at radius 3 is 1.31 bits per heavy atom. The Balaban J connectivity index is 2.07. The minimum Gasteiger partial charge on any atom is -0.507 e. The van der Waals surface area contributed by atoms with Gasteiger partial charge in [-0.3, -0.25) is 29.0 Å². The molecular weight excluding hydrogens is 560 g/mol. The Kier molecular flexibility index (Phi) is 12.2. The number of nitrogens with zero attached hydrogens (tertiary/aromatic N) is 2. The smallest absolute Gasteiger partial charge is 0.341 e. The zero-order chi connectivity index (χ0) is 31.4. The van der Waals surface area contributed by atoms with Crippen LogP contribution in [0.5, 0.6) is 11.5 Å². The highest BCUT2D eigenvalue weighted by atomic mass is 16.5. The first-order valence-corrected chi connectivity index (χ1v) is 12.1. The predicted octanol–water partition coefficient (Wildman–Crippen LogP) is 0.0214. The number of benzene rings is 2. The van der Waals surface area contributed by atoms with Crippen LogP contribution < -0.4 is 10.6 Å². The molecule has 0 aliphatic rings. The molecule has 0 unspecified atom stereocenters. The molecule has 0 aliphatic carbocycles. The van der Waals surface area contributed by atoms with Crippen molar-refractivity contribution in [3.63, 3.8) is 0 Å². The van der Waals surface area contributed by atoms with Crippen LogP contribution >= 0.6 is 0 Å². The van der Waals surface area contributed by atoms with Gasteiger partial charge in [0.2, 0.25) is 11.8 Å². The summed E-state index contributed by atoms with van der Waals surface area (Å²) in [5.74, 6) is -6.30. The third-order valence-corrected chi connectivity index (χ3v) is 5.56. The van der Waals surface area contributed by atoms with Crippen molar-refractivity contribution in [2.45, 2.75) is 0 Å². The van der Waals surface area contributed by atoms with Gasteiger partial charge in [0.15, 0.2) is 0 Å². The number of rotatable bonds is 15. The summed E-state index contributed by atoms with van der Waals surface area (Å²) < 4.78 is 9.13. The van der Waals surface area contributed by atoms with Crippen molar-refractivity contribution < 1.29 is 58.7 Å². The van der Waals surface area contributed by atoms with Crippen LogP contribution in [-0.2, 0) is 28.7 Å². The molecule has 2 amide bonds. The number of amides is 2. The molecule has 0 spiro atoms. The number of methoxy groups -OCH3 is 2. The fraction of sp³-hybridized carbons (Fsp3) is 0.308. The zero-order valence-electron chi connectivity index (χ0n) is 22.7. The van der Waals surface area contributed by atoms with Gasteiger partial charge in [0, 0.05) is 24.5 Å². The average molecular weight is 591 g/mol. The molecule has 2 aromatic carbocycles. The van der Waals surface area contributed by atoms with Crippen LogP contribution in [0.15, 0.2) is 36.4 Å². The van der Waals surface area contributed by atoms with E-state index in [-0.39, 0.29) is 47.1 Å². The molecule has 16 heteroatoms. The van der Waals surface area contributed by atoms with Crippen LogP contribution in [0.3, 0.4) is 0 Å². The molecule has 16 nitrogen and oxygen atoms in total. The van der Waals surface area contributed by atoms with Crippen molar-refractivity contribution >= 4 is 47.1 Å². The number of nitrogens with one attached hydrogen (secondary N) is 2. The van der Waals surface area contributed by atoms with Gasteiger partial charge in [0.25, 0.3) is 0 Å². The van der Waals surface area contributed by atoms with Gasteiger partial charge in [-0.15, -0.1) is 0 Å². The van der Waals surface area contributed by atoms with Gasteiger partial charge < -0.3 is 40.5 Å². The summed E-state index contributed by atoms with van der Waals surface area (Å²) in [6.07, 6.45) is 0. The van der Waals surface area contributed by atoms with Crippen molar-refractivity contribution in [2.24, 2.45) is 0 Å². The number of esters is 2. The van der Waals surface area contributed by atoms with Gasteiger partial charge in [-0.2, -0.15) is 0 Å². The molecule has 0 bridgehead atoms. The monoisotopic (exact) mass is 590 g/mol. The minimum absolute atomic E-state index is 0.127. The molecule has 0 atom stereocenters. The number of carboxylic acid groups (broad SMARTS) is 2. The maximum atomic E-state index is 12.6. The van der Waals surface area contributed by atoms with Crippen LogP contribution in [-0.4, -0.2) is 119 Å². The number of ether oxygens (including phenoxy) is 2. The lowest BCUT2D eigenvalue weighted by Gasteiger charge is -2.25. The quantitative estimate of drug-likeness (QED) is 0.119. The number of carbonyl (C=O) groups excluding carboxylic acids is 4. The van der Waals surface area contributed by atoms with E-state index in [2.05, 4.69) is 20.1 Å². The molecule has 2 rings (SSSR count). The Hall–Kier alpha value is -5.22. The number of phenolic OH excluding ortho intramolecular Hbond substituents is 2. The molecule has 0 heterocycles. The fourth-order valence-electron chi connectivity index (χ4n) is 3.68. The first-order chi connectivity index (χ1) is 19.8. The first kappa shape index (κ1) is 33.0. The maximum absolute atomic E-state index is 12.6. The van der Waals surface area contributed by atoms with Crippen molar-refractivity contribution in [2.75, 3.05) is 64.1 Å². The second-order valence-corrected chi connectivity index (χ2v) is 8.75. The van der Waals surface area contributed by atoms with Crippen LogP contribution in [0, 0.1) is 0 Å². The summed E-state index contributed by atoms with van der Waals surface area (Å²) >= 11 is 0. The Labute approximate surface area is 239 Å². The molecule has 42 heavy (non-hydrogen) atoms. The molecule has 2 aromatic rings. The normalized spacial score (nSPS) is 10.7. The Morgan fingerprint density at radius 1 is 0.643 bits per heavy atom. The summed E-state index contributed by atoms with van der Waals surface area (Å²) in [7, 11) is 2.23. The third kappa shape index (κ3) is 10.4. The molecule has 0 radical (unpaired) electrons. The molecule has 226 valence electrons. The molecule has 0 saturated carbocycles. The summed E-state index contributed by atoms with van der Waals surface area (Å²) in [5.41, 5.74) is -0.146. The molecule has 0 saturated heterocycles. The van der Waals surface area contributed by atoms with E-state index in [1.54, 1.807) is 0 Å². The van der Waals surface area contributed by atoms with Crippen LogP contribution in [0.4, 0.5) is 11.4 Å². The van der Waals surface area contributed by atoms with E-state index < -0.39 is 61.9 Å². The summed E-state index contributed by atoms with van der Waals surface area (Å²) in [6, 6.07) is 7.32. The largest absolute Gasteiger partial charge is 0.507 e. The number of carbonyl (C=O) groups is 6. The van der Waals surface area contributed by atoms with Crippen LogP contribution in [0.1, 0.15) is 20.7 Å². The van der Waals surface area contributed by atoms with Crippen molar-refractivity contribution in [1.29, 1.82) is 0 Å². The van der Waals surface area contributed by atoms with Gasteiger partial charge in [-0.1, -0.05) is 0 Å².